The number of carbonyl (C=O) groups excluding carboxylic acids is 2. The molecule has 0 spiro atoms. The minimum absolute atomic E-state index is 0.0391. The van der Waals surface area contributed by atoms with E-state index in [4.69, 9.17) is 4.74 Å². The number of thioether (sulfide) groups is 1. The minimum Gasteiger partial charge on any atom is -0.373 e. The fourth-order valence-electron chi connectivity index (χ4n) is 2.51. The average Bonchev–Trinajstić information content (AvgIpc) is 2.64. The van der Waals surface area contributed by atoms with Crippen molar-refractivity contribution in [1.82, 2.24) is 0 Å². The molecule has 4 atom stereocenters. The molecule has 3 heterocycles. The largest absolute Gasteiger partial charge is 0.373 e. The Balaban J connectivity index is 2.03. The lowest BCUT2D eigenvalue weighted by Crippen LogP contribution is -2.29. The highest BCUT2D eigenvalue weighted by atomic mass is 32.2. The monoisotopic (exact) mass is 184 g/mol. The Morgan fingerprint density at radius 2 is 1.58 bits per heavy atom. The molecule has 4 heteroatoms. The molecule has 0 amide bonds. The number of ether oxygens (including phenoxy) is 1. The van der Waals surface area contributed by atoms with Crippen molar-refractivity contribution in [2.24, 2.45) is 11.8 Å². The molecule has 12 heavy (non-hydrogen) atoms. The molecule has 64 valence electrons. The first-order valence-electron chi connectivity index (χ1n) is 4.18. The van der Waals surface area contributed by atoms with E-state index in [2.05, 4.69) is 0 Å². The topological polar surface area (TPSA) is 43.4 Å². The molecule has 0 aromatic heterocycles. The van der Waals surface area contributed by atoms with E-state index in [-0.39, 0.29) is 34.3 Å². The van der Waals surface area contributed by atoms with E-state index in [0.29, 0.717) is 0 Å². The Hall–Kier alpha value is -0.350. The zero-order valence-corrected chi connectivity index (χ0v) is 7.17. The second-order valence-corrected chi connectivity index (χ2v) is 4.59. The maximum atomic E-state index is 11.3. The summed E-state index contributed by atoms with van der Waals surface area (Å²) < 4.78 is 5.53. The molecule has 3 rings (SSSR count). The summed E-state index contributed by atoms with van der Waals surface area (Å²) in [5, 5.41) is 0.0781. The van der Waals surface area contributed by atoms with Gasteiger partial charge in [0, 0.05) is 0 Å². The van der Waals surface area contributed by atoms with Crippen molar-refractivity contribution < 1.29 is 14.3 Å². The van der Waals surface area contributed by atoms with Gasteiger partial charge < -0.3 is 4.74 Å². The van der Waals surface area contributed by atoms with Gasteiger partial charge in [-0.2, -0.15) is 0 Å². The smallest absolute Gasteiger partial charge is 0.202 e. The van der Waals surface area contributed by atoms with Gasteiger partial charge in [0.05, 0.1) is 24.0 Å². The van der Waals surface area contributed by atoms with E-state index in [0.717, 1.165) is 24.6 Å². The van der Waals surface area contributed by atoms with Crippen LogP contribution in [-0.2, 0) is 14.3 Å². The summed E-state index contributed by atoms with van der Waals surface area (Å²) in [7, 11) is 0. The van der Waals surface area contributed by atoms with Gasteiger partial charge in [-0.1, -0.05) is 0 Å². The van der Waals surface area contributed by atoms with Gasteiger partial charge in [0.25, 0.3) is 0 Å². The van der Waals surface area contributed by atoms with Gasteiger partial charge in [-0.15, -0.1) is 0 Å². The Bertz CT molecular complexity index is 249. The van der Waals surface area contributed by atoms with Crippen molar-refractivity contribution in [3.63, 3.8) is 0 Å². The highest BCUT2D eigenvalue weighted by Gasteiger charge is 2.59. The Labute approximate surface area is 73.8 Å². The molecule has 3 fully saturated rings. The number of carbonyl (C=O) groups is 2. The van der Waals surface area contributed by atoms with Gasteiger partial charge >= 0.3 is 0 Å². The Morgan fingerprint density at radius 1 is 1.08 bits per heavy atom. The maximum absolute atomic E-state index is 11.3. The summed E-state index contributed by atoms with van der Waals surface area (Å²) >= 11 is 0.902. The van der Waals surface area contributed by atoms with Gasteiger partial charge in [0.15, 0.2) is 0 Å². The summed E-state index contributed by atoms with van der Waals surface area (Å²) in [6.07, 6.45) is 2.05. The van der Waals surface area contributed by atoms with Crippen LogP contribution >= 0.6 is 11.8 Å². The predicted molar refractivity (Wildman–Crippen MR) is 42.5 cm³/mol. The molecule has 0 N–H and O–H groups in total. The van der Waals surface area contributed by atoms with E-state index in [1.807, 2.05) is 0 Å². The Kier molecular flexibility index (Phi) is 1.25. The second-order valence-electron chi connectivity index (χ2n) is 3.58. The van der Waals surface area contributed by atoms with Crippen LogP contribution in [0.25, 0.3) is 0 Å². The van der Waals surface area contributed by atoms with E-state index < -0.39 is 0 Å². The highest BCUT2D eigenvalue weighted by molar-refractivity contribution is 8.26. The maximum Gasteiger partial charge on any atom is 0.202 e. The lowest BCUT2D eigenvalue weighted by atomic mass is 9.81. The molecule has 0 aliphatic carbocycles. The van der Waals surface area contributed by atoms with Crippen LogP contribution in [0.2, 0.25) is 0 Å². The van der Waals surface area contributed by atoms with E-state index >= 15 is 0 Å². The molecule has 3 nitrogen and oxygen atoms in total. The van der Waals surface area contributed by atoms with Crippen LogP contribution in [0.15, 0.2) is 0 Å². The van der Waals surface area contributed by atoms with E-state index in [9.17, 15) is 9.59 Å². The molecule has 3 aliphatic rings. The summed E-state index contributed by atoms with van der Waals surface area (Å²) in [4.78, 5) is 22.6. The molecular formula is C8H8O3S. The zero-order chi connectivity index (χ0) is 8.29. The van der Waals surface area contributed by atoms with Gasteiger partial charge in [0.2, 0.25) is 10.2 Å². The van der Waals surface area contributed by atoms with Gasteiger partial charge in [0.1, 0.15) is 0 Å². The van der Waals surface area contributed by atoms with Gasteiger partial charge in [-0.05, 0) is 24.6 Å². The predicted octanol–water partition coefficient (Wildman–Crippen LogP) is 0.580. The minimum atomic E-state index is -0.0961. The summed E-state index contributed by atoms with van der Waals surface area (Å²) in [6.45, 7) is 0. The molecule has 2 unspecified atom stereocenters. The number of fused-ring (bicyclic) bond motifs is 5. The quantitative estimate of drug-likeness (QED) is 0.552. The van der Waals surface area contributed by atoms with E-state index in [1.54, 1.807) is 0 Å². The van der Waals surface area contributed by atoms with Crippen LogP contribution in [0.5, 0.6) is 0 Å². The molecule has 0 radical (unpaired) electrons. The van der Waals surface area contributed by atoms with Crippen LogP contribution in [0.3, 0.4) is 0 Å². The lowest BCUT2D eigenvalue weighted by molar-refractivity contribution is -0.119. The Morgan fingerprint density at radius 3 is 2.08 bits per heavy atom. The highest BCUT2D eigenvalue weighted by Crippen LogP contribution is 2.51. The average molecular weight is 184 g/mol. The standard InChI is InChI=1S/C8H8O3S/c9-7-5-3-1-2-4(11-3)6(5)8(10)12-7/h3-6H,1-2H2/t3-,4+,5?,6?. The first-order chi connectivity index (χ1) is 5.77. The van der Waals surface area contributed by atoms with Gasteiger partial charge in [-0.3, -0.25) is 9.59 Å². The van der Waals surface area contributed by atoms with Crippen molar-refractivity contribution in [3.05, 3.63) is 0 Å². The molecule has 3 aliphatic heterocycles. The fourth-order valence-corrected chi connectivity index (χ4v) is 3.58. The number of rotatable bonds is 0. The number of hydrogen-bond donors (Lipinski definition) is 0. The molecular weight excluding hydrogens is 176 g/mol. The molecule has 3 saturated heterocycles. The SMILES string of the molecule is O=C1SC(=O)C2C1[C@@H]1CC[C@H]2O1. The molecule has 0 aromatic rings. The summed E-state index contributed by atoms with van der Waals surface area (Å²) in [5.41, 5.74) is 0. The lowest BCUT2D eigenvalue weighted by Gasteiger charge is -2.15. The second kappa shape index (κ2) is 2.12. The first-order valence-corrected chi connectivity index (χ1v) is 5.00. The van der Waals surface area contributed by atoms with Crippen LogP contribution in [0, 0.1) is 11.8 Å². The van der Waals surface area contributed by atoms with E-state index in [1.165, 1.54) is 0 Å². The van der Waals surface area contributed by atoms with Crippen molar-refractivity contribution in [2.45, 2.75) is 25.0 Å². The third kappa shape index (κ3) is 0.677. The van der Waals surface area contributed by atoms with Crippen LogP contribution in [0.1, 0.15) is 12.8 Å². The molecule has 2 bridgehead atoms. The molecule has 0 aromatic carbocycles. The van der Waals surface area contributed by atoms with Crippen LogP contribution < -0.4 is 0 Å². The van der Waals surface area contributed by atoms with Crippen molar-refractivity contribution in [2.75, 3.05) is 0 Å². The zero-order valence-electron chi connectivity index (χ0n) is 6.36. The normalized spacial score (nSPS) is 50.3. The van der Waals surface area contributed by atoms with Crippen molar-refractivity contribution in [1.29, 1.82) is 0 Å². The van der Waals surface area contributed by atoms with Crippen molar-refractivity contribution >= 4 is 22.0 Å². The fraction of sp³-hybridized carbons (Fsp3) is 0.750. The van der Waals surface area contributed by atoms with Crippen molar-refractivity contribution in [3.8, 4) is 0 Å². The number of hydrogen-bond acceptors (Lipinski definition) is 4. The summed E-state index contributed by atoms with van der Waals surface area (Å²) in [5.74, 6) is -0.192. The molecule has 0 saturated carbocycles. The third-order valence-corrected chi connectivity index (χ3v) is 3.97. The first kappa shape index (κ1) is 7.09. The van der Waals surface area contributed by atoms with Crippen LogP contribution in [0.4, 0.5) is 0 Å². The summed E-state index contributed by atoms with van der Waals surface area (Å²) in [6, 6.07) is 0. The third-order valence-electron chi connectivity index (χ3n) is 3.02. The van der Waals surface area contributed by atoms with Crippen LogP contribution in [-0.4, -0.2) is 22.4 Å². The van der Waals surface area contributed by atoms with Gasteiger partial charge in [-0.25, -0.2) is 0 Å².